The highest BCUT2D eigenvalue weighted by atomic mass is 79.9. The Labute approximate surface area is 85.8 Å². The zero-order valence-corrected chi connectivity index (χ0v) is 9.38. The Morgan fingerprint density at radius 3 is 2.58 bits per heavy atom. The van der Waals surface area contributed by atoms with Gasteiger partial charge in [-0.05, 0) is 38.8 Å². The van der Waals surface area contributed by atoms with Crippen molar-refractivity contribution in [2.24, 2.45) is 0 Å². The Morgan fingerprint density at radius 1 is 1.67 bits per heavy atom. The van der Waals surface area contributed by atoms with Crippen LogP contribution < -0.4 is 0 Å². The number of carboxylic acids is 1. The molecule has 0 radical (unpaired) electrons. The van der Waals surface area contributed by atoms with Crippen molar-refractivity contribution in [1.82, 2.24) is 9.78 Å². The Kier molecular flexibility index (Phi) is 2.89. The van der Waals surface area contributed by atoms with Gasteiger partial charge in [-0.15, -0.1) is 0 Å². The monoisotopic (exact) mass is 296 g/mol. The summed E-state index contributed by atoms with van der Waals surface area (Å²) < 4.78 is 2.83. The summed E-state index contributed by atoms with van der Waals surface area (Å²) in [6.07, 6.45) is 0. The molecular weight excluding hydrogens is 292 g/mol. The molecule has 0 bridgehead atoms. The van der Waals surface area contributed by atoms with Crippen LogP contribution >= 0.6 is 31.9 Å². The summed E-state index contributed by atoms with van der Waals surface area (Å²) in [5.74, 6) is -0.902. The fourth-order valence-corrected chi connectivity index (χ4v) is 1.53. The number of carbonyl (C=O) groups is 1. The second kappa shape index (κ2) is 3.57. The standard InChI is InChI=1S/C6H6Br2N2O2/c1-3-5(7)6(8)9-10(3)2-4(11)12/h2H2,1H3,(H,11,12). The summed E-state index contributed by atoms with van der Waals surface area (Å²) >= 11 is 6.45. The molecule has 12 heavy (non-hydrogen) atoms. The minimum atomic E-state index is -0.902. The number of carboxylic acid groups (broad SMARTS) is 1. The Bertz CT molecular complexity index is 322. The summed E-state index contributed by atoms with van der Waals surface area (Å²) in [5, 5.41) is 12.5. The molecule has 0 atom stereocenters. The summed E-state index contributed by atoms with van der Waals surface area (Å²) in [4.78, 5) is 10.4. The lowest BCUT2D eigenvalue weighted by Crippen LogP contribution is -2.11. The maximum Gasteiger partial charge on any atom is 0.325 e. The molecule has 0 aromatic carbocycles. The van der Waals surface area contributed by atoms with E-state index in [1.54, 1.807) is 6.92 Å². The first-order valence-corrected chi connectivity index (χ1v) is 4.71. The normalized spacial score (nSPS) is 10.2. The highest BCUT2D eigenvalue weighted by Gasteiger charge is 2.11. The van der Waals surface area contributed by atoms with E-state index >= 15 is 0 Å². The van der Waals surface area contributed by atoms with Crippen LogP contribution in [-0.2, 0) is 11.3 Å². The van der Waals surface area contributed by atoms with Crippen molar-refractivity contribution >= 4 is 37.8 Å². The highest BCUT2D eigenvalue weighted by Crippen LogP contribution is 2.24. The minimum absolute atomic E-state index is 0.115. The molecule has 0 amide bonds. The van der Waals surface area contributed by atoms with Crippen molar-refractivity contribution in [1.29, 1.82) is 0 Å². The average Bonchev–Trinajstić information content (AvgIpc) is 2.17. The van der Waals surface area contributed by atoms with E-state index in [4.69, 9.17) is 5.11 Å². The van der Waals surface area contributed by atoms with Crippen LogP contribution in [0, 0.1) is 6.92 Å². The fraction of sp³-hybridized carbons (Fsp3) is 0.333. The summed E-state index contributed by atoms with van der Waals surface area (Å²) in [6.45, 7) is 1.68. The average molecular weight is 298 g/mol. The number of rotatable bonds is 2. The van der Waals surface area contributed by atoms with E-state index in [0.29, 0.717) is 4.60 Å². The minimum Gasteiger partial charge on any atom is -0.480 e. The predicted molar refractivity (Wildman–Crippen MR) is 50.0 cm³/mol. The van der Waals surface area contributed by atoms with Crippen LogP contribution in [0.4, 0.5) is 0 Å². The Balaban J connectivity index is 3.01. The largest absolute Gasteiger partial charge is 0.480 e. The third-order valence-electron chi connectivity index (χ3n) is 1.38. The Hall–Kier alpha value is -0.360. The zero-order valence-electron chi connectivity index (χ0n) is 6.21. The maximum absolute atomic E-state index is 10.4. The van der Waals surface area contributed by atoms with Gasteiger partial charge in [0.2, 0.25) is 0 Å². The SMILES string of the molecule is Cc1c(Br)c(Br)nn1CC(=O)O. The lowest BCUT2D eigenvalue weighted by Gasteiger charge is -1.97. The molecule has 0 spiro atoms. The van der Waals surface area contributed by atoms with E-state index in [1.165, 1.54) is 4.68 Å². The van der Waals surface area contributed by atoms with Crippen LogP contribution in [0.5, 0.6) is 0 Å². The molecule has 0 aliphatic carbocycles. The van der Waals surface area contributed by atoms with Gasteiger partial charge in [0.15, 0.2) is 0 Å². The fourth-order valence-electron chi connectivity index (χ4n) is 0.770. The molecule has 1 aromatic heterocycles. The van der Waals surface area contributed by atoms with Crippen LogP contribution in [-0.4, -0.2) is 20.9 Å². The van der Waals surface area contributed by atoms with Crippen molar-refractivity contribution < 1.29 is 9.90 Å². The number of hydrogen-bond acceptors (Lipinski definition) is 2. The van der Waals surface area contributed by atoms with Gasteiger partial charge in [0.05, 0.1) is 10.2 Å². The molecule has 0 saturated heterocycles. The van der Waals surface area contributed by atoms with Crippen molar-refractivity contribution in [3.63, 3.8) is 0 Å². The molecule has 0 fully saturated rings. The van der Waals surface area contributed by atoms with Gasteiger partial charge in [0.25, 0.3) is 0 Å². The lowest BCUT2D eigenvalue weighted by molar-refractivity contribution is -0.137. The van der Waals surface area contributed by atoms with Crippen LogP contribution in [0.2, 0.25) is 0 Å². The summed E-state index contributed by atoms with van der Waals surface area (Å²) in [6, 6.07) is 0. The Morgan fingerprint density at radius 2 is 2.25 bits per heavy atom. The van der Waals surface area contributed by atoms with E-state index in [-0.39, 0.29) is 6.54 Å². The number of nitrogens with zero attached hydrogens (tertiary/aromatic N) is 2. The molecule has 6 heteroatoms. The molecule has 1 heterocycles. The molecule has 0 saturated carbocycles. The molecular formula is C6H6Br2N2O2. The first-order chi connectivity index (χ1) is 5.52. The van der Waals surface area contributed by atoms with Crippen molar-refractivity contribution in [2.75, 3.05) is 0 Å². The number of aromatic nitrogens is 2. The van der Waals surface area contributed by atoms with E-state index in [0.717, 1.165) is 10.2 Å². The van der Waals surface area contributed by atoms with Gasteiger partial charge in [-0.3, -0.25) is 9.48 Å². The van der Waals surface area contributed by atoms with E-state index < -0.39 is 5.97 Å². The van der Waals surface area contributed by atoms with Crippen molar-refractivity contribution in [3.05, 3.63) is 14.8 Å². The van der Waals surface area contributed by atoms with Crippen LogP contribution in [0.25, 0.3) is 0 Å². The van der Waals surface area contributed by atoms with Gasteiger partial charge in [0.1, 0.15) is 11.1 Å². The molecule has 1 N–H and O–H groups in total. The van der Waals surface area contributed by atoms with Gasteiger partial charge in [0, 0.05) is 0 Å². The van der Waals surface area contributed by atoms with Gasteiger partial charge in [-0.25, -0.2) is 0 Å². The van der Waals surface area contributed by atoms with Crippen LogP contribution in [0.15, 0.2) is 9.08 Å². The zero-order chi connectivity index (χ0) is 9.30. The molecule has 1 rings (SSSR count). The van der Waals surface area contributed by atoms with Gasteiger partial charge < -0.3 is 5.11 Å². The molecule has 0 aliphatic heterocycles. The third kappa shape index (κ3) is 1.87. The van der Waals surface area contributed by atoms with Gasteiger partial charge in [-0.1, -0.05) is 0 Å². The van der Waals surface area contributed by atoms with Crippen LogP contribution in [0.3, 0.4) is 0 Å². The second-order valence-corrected chi connectivity index (χ2v) is 3.79. The third-order valence-corrected chi connectivity index (χ3v) is 3.42. The van der Waals surface area contributed by atoms with E-state index in [2.05, 4.69) is 37.0 Å². The van der Waals surface area contributed by atoms with Crippen molar-refractivity contribution in [3.8, 4) is 0 Å². The summed E-state index contributed by atoms with van der Waals surface area (Å²) in [5.41, 5.74) is 0.796. The number of hydrogen-bond donors (Lipinski definition) is 1. The predicted octanol–water partition coefficient (Wildman–Crippen LogP) is 1.80. The molecule has 1 aromatic rings. The second-order valence-electron chi connectivity index (χ2n) is 2.24. The van der Waals surface area contributed by atoms with E-state index in [9.17, 15) is 4.79 Å². The molecule has 4 nitrogen and oxygen atoms in total. The van der Waals surface area contributed by atoms with Gasteiger partial charge >= 0.3 is 5.97 Å². The first kappa shape index (κ1) is 9.73. The number of aliphatic carboxylic acids is 1. The lowest BCUT2D eigenvalue weighted by atomic mass is 10.5. The first-order valence-electron chi connectivity index (χ1n) is 3.12. The number of halogens is 2. The molecule has 66 valence electrons. The smallest absolute Gasteiger partial charge is 0.325 e. The summed E-state index contributed by atoms with van der Waals surface area (Å²) in [7, 11) is 0. The maximum atomic E-state index is 10.4. The molecule has 0 aliphatic rings. The van der Waals surface area contributed by atoms with Crippen molar-refractivity contribution in [2.45, 2.75) is 13.5 Å². The highest BCUT2D eigenvalue weighted by molar-refractivity contribution is 9.13. The quantitative estimate of drug-likeness (QED) is 0.906. The van der Waals surface area contributed by atoms with Gasteiger partial charge in [-0.2, -0.15) is 5.10 Å². The van der Waals surface area contributed by atoms with E-state index in [1.807, 2.05) is 0 Å². The topological polar surface area (TPSA) is 55.1 Å². The molecule has 0 unspecified atom stereocenters. The van der Waals surface area contributed by atoms with Crippen LogP contribution in [0.1, 0.15) is 5.69 Å².